The van der Waals surface area contributed by atoms with Crippen LogP contribution < -0.4 is 10.3 Å². The summed E-state index contributed by atoms with van der Waals surface area (Å²) in [6.45, 7) is 6.59. The Bertz CT molecular complexity index is 450. The van der Waals surface area contributed by atoms with E-state index in [0.29, 0.717) is 24.4 Å². The van der Waals surface area contributed by atoms with Gasteiger partial charge in [0.05, 0.1) is 19.3 Å². The number of carbonyl (C=O) groups excluding carboxylic acids is 1. The van der Waals surface area contributed by atoms with E-state index in [-0.39, 0.29) is 12.2 Å². The van der Waals surface area contributed by atoms with Crippen molar-refractivity contribution in [1.29, 1.82) is 0 Å². The lowest BCUT2D eigenvalue weighted by Crippen LogP contribution is -2.57. The minimum atomic E-state index is -0.468. The maximum absolute atomic E-state index is 11.7. The summed E-state index contributed by atoms with van der Waals surface area (Å²) in [5.74, 6) is 0.656. The van der Waals surface area contributed by atoms with Crippen molar-refractivity contribution < 1.29 is 14.3 Å². The monoisotopic (exact) mass is 260 g/mol. The molecule has 0 aliphatic carbocycles. The molecule has 0 unspecified atom stereocenters. The molecule has 0 N–H and O–H groups in total. The molecule has 19 heavy (non-hydrogen) atoms. The van der Waals surface area contributed by atoms with Crippen molar-refractivity contribution in [2.45, 2.75) is 32.5 Å². The molecule has 2 heterocycles. The largest absolute Gasteiger partial charge is 0.485 e. The Kier molecular flexibility index (Phi) is 3.69. The van der Waals surface area contributed by atoms with Crippen LogP contribution in [0.25, 0.3) is 0 Å². The van der Waals surface area contributed by atoms with E-state index in [1.54, 1.807) is 23.2 Å². The fourth-order valence-corrected chi connectivity index (χ4v) is 1.64. The van der Waals surface area contributed by atoms with Crippen molar-refractivity contribution in [2.24, 2.45) is 0 Å². The highest BCUT2D eigenvalue weighted by atomic mass is 16.6. The van der Waals surface area contributed by atoms with Crippen LogP contribution in [0.3, 0.4) is 0 Å². The molecule has 1 aliphatic heterocycles. The first-order valence-electron chi connectivity index (χ1n) is 6.19. The number of carbonyl (C=O) groups is 1. The molecular weight excluding hydrogens is 243 g/mol. The van der Waals surface area contributed by atoms with Crippen molar-refractivity contribution in [3.05, 3.63) is 18.3 Å². The summed E-state index contributed by atoms with van der Waals surface area (Å²) < 4.78 is 10.9. The molecule has 6 heteroatoms. The van der Waals surface area contributed by atoms with E-state index in [2.05, 4.69) is 4.98 Å². The summed E-state index contributed by atoms with van der Waals surface area (Å²) in [5, 5.41) is 0. The number of ether oxygens (including phenoxy) is 2. The molecule has 5 nitrogen and oxygen atoms in total. The Morgan fingerprint density at radius 1 is 1.42 bits per heavy atom. The molecule has 0 bridgehead atoms. The van der Waals surface area contributed by atoms with Crippen LogP contribution in [0.5, 0.6) is 5.75 Å². The Hall–Kier alpha value is -1.72. The van der Waals surface area contributed by atoms with Crippen molar-refractivity contribution in [3.63, 3.8) is 0 Å². The number of nitrogens with zero attached hydrogens (tertiary/aromatic N) is 2. The SMILES string of the molecule is [B]c1ccc(OC2CN(C(=O)OC(C)(C)C)C2)cn1. The highest BCUT2D eigenvalue weighted by Crippen LogP contribution is 2.19. The molecular formula is C13H17BN2O3. The fraction of sp³-hybridized carbons (Fsp3) is 0.538. The van der Waals surface area contributed by atoms with Crippen molar-refractivity contribution in [1.82, 2.24) is 9.88 Å². The summed E-state index contributed by atoms with van der Waals surface area (Å²) in [6.07, 6.45) is 1.26. The van der Waals surface area contributed by atoms with Gasteiger partial charge in [-0.2, -0.15) is 0 Å². The minimum absolute atomic E-state index is 0.0158. The zero-order chi connectivity index (χ0) is 14.0. The van der Waals surface area contributed by atoms with Gasteiger partial charge in [-0.05, 0) is 38.5 Å². The van der Waals surface area contributed by atoms with Gasteiger partial charge in [-0.15, -0.1) is 0 Å². The predicted molar refractivity (Wildman–Crippen MR) is 71.8 cm³/mol. The van der Waals surface area contributed by atoms with Gasteiger partial charge in [-0.3, -0.25) is 4.98 Å². The standard InChI is InChI=1S/C13H17BN2O3/c1-13(2,3)19-12(17)16-7-10(8-16)18-9-4-5-11(14)15-6-9/h4-6,10H,7-8H2,1-3H3. The normalized spacial score (nSPS) is 15.8. The van der Waals surface area contributed by atoms with E-state index < -0.39 is 5.60 Å². The van der Waals surface area contributed by atoms with E-state index in [4.69, 9.17) is 17.3 Å². The zero-order valence-corrected chi connectivity index (χ0v) is 11.4. The summed E-state index contributed by atoms with van der Waals surface area (Å²) in [4.78, 5) is 17.3. The van der Waals surface area contributed by atoms with E-state index >= 15 is 0 Å². The highest BCUT2D eigenvalue weighted by Gasteiger charge is 2.35. The molecule has 0 atom stereocenters. The molecule has 0 spiro atoms. The van der Waals surface area contributed by atoms with E-state index in [0.717, 1.165) is 0 Å². The number of hydrogen-bond donors (Lipinski definition) is 0. The molecule has 1 fully saturated rings. The predicted octanol–water partition coefficient (Wildman–Crippen LogP) is 0.873. The van der Waals surface area contributed by atoms with Gasteiger partial charge >= 0.3 is 6.09 Å². The van der Waals surface area contributed by atoms with Crippen LogP contribution >= 0.6 is 0 Å². The Morgan fingerprint density at radius 2 is 2.11 bits per heavy atom. The van der Waals surface area contributed by atoms with Crippen LogP contribution in [-0.2, 0) is 4.74 Å². The van der Waals surface area contributed by atoms with Crippen LogP contribution in [0, 0.1) is 0 Å². The molecule has 1 aliphatic rings. The van der Waals surface area contributed by atoms with Crippen molar-refractivity contribution in [2.75, 3.05) is 13.1 Å². The van der Waals surface area contributed by atoms with Gasteiger partial charge in [0.15, 0.2) is 0 Å². The summed E-state index contributed by atoms with van der Waals surface area (Å²) in [6, 6.07) is 3.44. The van der Waals surface area contributed by atoms with Crippen molar-refractivity contribution >= 4 is 19.5 Å². The molecule has 1 amide bonds. The smallest absolute Gasteiger partial charge is 0.410 e. The lowest BCUT2D eigenvalue weighted by molar-refractivity contribution is -0.0222. The number of likely N-dealkylation sites (tertiary alicyclic amines) is 1. The van der Waals surface area contributed by atoms with Gasteiger partial charge in [-0.1, -0.05) is 0 Å². The number of aromatic nitrogens is 1. The molecule has 2 rings (SSSR count). The molecule has 0 saturated carbocycles. The number of pyridine rings is 1. The van der Waals surface area contributed by atoms with E-state index in [1.165, 1.54) is 0 Å². The molecule has 100 valence electrons. The molecule has 1 saturated heterocycles. The van der Waals surface area contributed by atoms with Crippen LogP contribution in [0.4, 0.5) is 4.79 Å². The first-order chi connectivity index (χ1) is 8.83. The Balaban J connectivity index is 1.77. The third kappa shape index (κ3) is 3.87. The maximum atomic E-state index is 11.7. The van der Waals surface area contributed by atoms with E-state index in [1.807, 2.05) is 20.8 Å². The third-order valence-electron chi connectivity index (χ3n) is 2.56. The van der Waals surface area contributed by atoms with Gasteiger partial charge in [-0.25, -0.2) is 4.79 Å². The second kappa shape index (κ2) is 5.11. The average molecular weight is 260 g/mol. The van der Waals surface area contributed by atoms with Crippen LogP contribution in [0.1, 0.15) is 20.8 Å². The second-order valence-electron chi connectivity index (χ2n) is 5.54. The van der Waals surface area contributed by atoms with Gasteiger partial charge in [0, 0.05) is 0 Å². The molecule has 1 aromatic heterocycles. The van der Waals surface area contributed by atoms with Crippen LogP contribution in [0.15, 0.2) is 18.3 Å². The van der Waals surface area contributed by atoms with Gasteiger partial charge in [0.2, 0.25) is 0 Å². The average Bonchev–Trinajstić information content (AvgIpc) is 2.22. The molecule has 0 aromatic carbocycles. The topological polar surface area (TPSA) is 51.7 Å². The lowest BCUT2D eigenvalue weighted by atomic mass is 10.0. The van der Waals surface area contributed by atoms with Gasteiger partial charge < -0.3 is 14.4 Å². The Morgan fingerprint density at radius 3 is 2.63 bits per heavy atom. The first-order valence-corrected chi connectivity index (χ1v) is 6.19. The second-order valence-corrected chi connectivity index (χ2v) is 5.54. The Labute approximate surface area is 114 Å². The number of amides is 1. The third-order valence-corrected chi connectivity index (χ3v) is 2.56. The van der Waals surface area contributed by atoms with Gasteiger partial charge in [0.25, 0.3) is 0 Å². The minimum Gasteiger partial charge on any atom is -0.485 e. The number of rotatable bonds is 2. The lowest BCUT2D eigenvalue weighted by Gasteiger charge is -2.39. The van der Waals surface area contributed by atoms with Crippen LogP contribution in [0.2, 0.25) is 0 Å². The molecule has 1 aromatic rings. The summed E-state index contributed by atoms with van der Waals surface area (Å²) >= 11 is 0. The maximum Gasteiger partial charge on any atom is 0.410 e. The summed E-state index contributed by atoms with van der Waals surface area (Å²) in [5.41, 5.74) is -0.0134. The quantitative estimate of drug-likeness (QED) is 0.740. The first kappa shape index (κ1) is 13.7. The highest BCUT2D eigenvalue weighted by molar-refractivity contribution is 6.30. The van der Waals surface area contributed by atoms with Gasteiger partial charge in [0.1, 0.15) is 25.3 Å². The molecule has 2 radical (unpaired) electrons. The number of hydrogen-bond acceptors (Lipinski definition) is 4. The van der Waals surface area contributed by atoms with E-state index in [9.17, 15) is 4.79 Å². The zero-order valence-electron chi connectivity index (χ0n) is 11.4. The van der Waals surface area contributed by atoms with Crippen molar-refractivity contribution in [3.8, 4) is 5.75 Å². The fourth-order valence-electron chi connectivity index (χ4n) is 1.64. The van der Waals surface area contributed by atoms with Crippen LogP contribution in [-0.4, -0.2) is 48.6 Å². The summed E-state index contributed by atoms with van der Waals surface area (Å²) in [7, 11) is 5.49.